The Morgan fingerprint density at radius 2 is 1.63 bits per heavy atom. The van der Waals surface area contributed by atoms with Crippen molar-refractivity contribution in [2.24, 2.45) is 0 Å². The van der Waals surface area contributed by atoms with Crippen molar-refractivity contribution in [1.82, 2.24) is 0 Å². The van der Waals surface area contributed by atoms with Gasteiger partial charge in [0.2, 0.25) is 0 Å². The fraction of sp³-hybridized carbons (Fsp3) is 0.333. The molecule has 140 valence electrons. The molecule has 2 nitrogen and oxygen atoms in total. The molecule has 1 aliphatic rings. The van der Waals surface area contributed by atoms with Crippen LogP contribution in [0.5, 0.6) is 0 Å². The number of allylic oxidation sites excluding steroid dienone is 1. The number of hydrogen-bond donors (Lipinski definition) is 0. The Morgan fingerprint density at radius 1 is 1.07 bits per heavy atom. The van der Waals surface area contributed by atoms with Gasteiger partial charge in [0.05, 0.1) is 19.3 Å². The molecule has 0 saturated carbocycles. The molecule has 3 heteroatoms. The van der Waals surface area contributed by atoms with Gasteiger partial charge in [0.25, 0.3) is 8.32 Å². The van der Waals surface area contributed by atoms with E-state index in [1.807, 2.05) is 6.08 Å². The lowest BCUT2D eigenvalue weighted by Crippen LogP contribution is -2.67. The maximum Gasteiger partial charge on any atom is 0.261 e. The Bertz CT molecular complexity index is 773. The van der Waals surface area contributed by atoms with Gasteiger partial charge >= 0.3 is 0 Å². The van der Waals surface area contributed by atoms with Crippen LogP contribution < -0.4 is 10.4 Å². The van der Waals surface area contributed by atoms with E-state index in [4.69, 9.17) is 15.6 Å². The highest BCUT2D eigenvalue weighted by Gasteiger charge is 2.50. The van der Waals surface area contributed by atoms with E-state index in [1.54, 1.807) is 0 Å². The first kappa shape index (κ1) is 19.6. The molecular weight excluding hydrogens is 348 g/mol. The average molecular weight is 377 g/mol. The van der Waals surface area contributed by atoms with E-state index in [9.17, 15) is 0 Å². The molecule has 1 fully saturated rings. The van der Waals surface area contributed by atoms with Gasteiger partial charge in [-0.05, 0) is 33.5 Å². The Balaban J connectivity index is 1.98. The van der Waals surface area contributed by atoms with Gasteiger partial charge in [0.1, 0.15) is 0 Å². The second-order valence-electron chi connectivity index (χ2n) is 8.08. The lowest BCUT2D eigenvalue weighted by atomic mass is 10.1. The first-order valence-corrected chi connectivity index (χ1v) is 11.4. The van der Waals surface area contributed by atoms with Gasteiger partial charge in [-0.1, -0.05) is 87.4 Å². The van der Waals surface area contributed by atoms with Crippen molar-refractivity contribution < 1.29 is 9.16 Å². The molecular formula is C24H28O2Si. The second-order valence-corrected chi connectivity index (χ2v) is 12.4. The van der Waals surface area contributed by atoms with Crippen molar-refractivity contribution in [2.45, 2.75) is 38.3 Å². The normalized spacial score (nSPS) is 19.2. The molecule has 0 N–H and O–H groups in total. The molecule has 0 radical (unpaired) electrons. The highest BCUT2D eigenvalue weighted by Crippen LogP contribution is 2.37. The molecule has 0 spiro atoms. The summed E-state index contributed by atoms with van der Waals surface area (Å²) in [7, 11) is -2.50. The van der Waals surface area contributed by atoms with Crippen molar-refractivity contribution in [3.8, 4) is 12.3 Å². The Hall–Kier alpha value is -2.12. The highest BCUT2D eigenvalue weighted by molar-refractivity contribution is 6.99. The highest BCUT2D eigenvalue weighted by atomic mass is 28.4. The third-order valence-corrected chi connectivity index (χ3v) is 10.2. The summed E-state index contributed by atoms with van der Waals surface area (Å²) in [6, 6.07) is 21.4. The fourth-order valence-electron chi connectivity index (χ4n) is 3.94. The van der Waals surface area contributed by atoms with Crippen LogP contribution in [0, 0.1) is 12.3 Å². The minimum Gasteiger partial charge on any atom is -0.405 e. The smallest absolute Gasteiger partial charge is 0.261 e. The summed E-state index contributed by atoms with van der Waals surface area (Å²) >= 11 is 0. The third kappa shape index (κ3) is 4.09. The van der Waals surface area contributed by atoms with Crippen molar-refractivity contribution >= 4 is 18.7 Å². The first-order valence-electron chi connectivity index (χ1n) is 9.48. The lowest BCUT2D eigenvalue weighted by molar-refractivity contribution is 0.0657. The third-order valence-electron chi connectivity index (χ3n) is 5.18. The van der Waals surface area contributed by atoms with Crippen LogP contribution in [-0.4, -0.2) is 27.6 Å². The Morgan fingerprint density at radius 3 is 2.11 bits per heavy atom. The quantitative estimate of drug-likeness (QED) is 0.582. The zero-order chi connectivity index (χ0) is 19.3. The number of benzene rings is 2. The molecule has 1 heterocycles. The van der Waals surface area contributed by atoms with Gasteiger partial charge in [-0.25, -0.2) is 0 Å². The molecule has 1 aliphatic heterocycles. The molecule has 1 atom stereocenters. The fourth-order valence-corrected chi connectivity index (χ4v) is 8.53. The minimum atomic E-state index is -2.50. The van der Waals surface area contributed by atoms with Crippen LogP contribution >= 0.6 is 0 Å². The largest absolute Gasteiger partial charge is 0.405 e. The summed E-state index contributed by atoms with van der Waals surface area (Å²) in [4.78, 5) is 0. The zero-order valence-corrected chi connectivity index (χ0v) is 17.4. The molecule has 0 bridgehead atoms. The summed E-state index contributed by atoms with van der Waals surface area (Å²) in [5.41, 5.74) is 1.17. The van der Waals surface area contributed by atoms with E-state index in [2.05, 4.69) is 87.4 Å². The van der Waals surface area contributed by atoms with Gasteiger partial charge in [0, 0.05) is 0 Å². The second kappa shape index (κ2) is 8.27. The topological polar surface area (TPSA) is 18.5 Å². The van der Waals surface area contributed by atoms with Crippen LogP contribution in [-0.2, 0) is 9.16 Å². The molecule has 0 unspecified atom stereocenters. The van der Waals surface area contributed by atoms with Gasteiger partial charge in [0.15, 0.2) is 0 Å². The molecule has 0 aliphatic carbocycles. The zero-order valence-electron chi connectivity index (χ0n) is 16.4. The van der Waals surface area contributed by atoms with E-state index in [0.717, 1.165) is 6.42 Å². The van der Waals surface area contributed by atoms with Gasteiger partial charge in [-0.3, -0.25) is 0 Å². The van der Waals surface area contributed by atoms with Crippen molar-refractivity contribution in [1.29, 1.82) is 0 Å². The van der Waals surface area contributed by atoms with Gasteiger partial charge in [-0.2, -0.15) is 0 Å². The average Bonchev–Trinajstić information content (AvgIpc) is 3.11. The summed E-state index contributed by atoms with van der Waals surface area (Å²) in [5, 5.41) is 2.56. The summed E-state index contributed by atoms with van der Waals surface area (Å²) < 4.78 is 12.8. The number of ether oxygens (including phenoxy) is 1. The SMILES string of the molecule is C#C/C=C1\CO[C@@H](CO[Si](c2ccccc2)(c2ccccc2)C(C)(C)C)C1. The predicted molar refractivity (Wildman–Crippen MR) is 115 cm³/mol. The minimum absolute atomic E-state index is 0.0220. The molecule has 3 rings (SSSR count). The Kier molecular flexibility index (Phi) is 6.01. The maximum atomic E-state index is 6.91. The lowest BCUT2D eigenvalue weighted by Gasteiger charge is -2.43. The van der Waals surface area contributed by atoms with E-state index in [0.29, 0.717) is 13.2 Å². The first-order chi connectivity index (χ1) is 13.0. The van der Waals surface area contributed by atoms with Crippen LogP contribution in [0.2, 0.25) is 5.04 Å². The van der Waals surface area contributed by atoms with Crippen LogP contribution in [0.15, 0.2) is 72.3 Å². The maximum absolute atomic E-state index is 6.91. The number of terminal acetylenes is 1. The van der Waals surface area contributed by atoms with E-state index >= 15 is 0 Å². The van der Waals surface area contributed by atoms with E-state index in [-0.39, 0.29) is 11.1 Å². The van der Waals surface area contributed by atoms with Gasteiger partial charge in [-0.15, -0.1) is 6.42 Å². The van der Waals surface area contributed by atoms with Crippen LogP contribution in [0.25, 0.3) is 0 Å². The Labute approximate surface area is 164 Å². The van der Waals surface area contributed by atoms with E-state index < -0.39 is 8.32 Å². The van der Waals surface area contributed by atoms with Crippen LogP contribution in [0.1, 0.15) is 27.2 Å². The predicted octanol–water partition coefficient (Wildman–Crippen LogP) is 3.91. The summed E-state index contributed by atoms with van der Waals surface area (Å²) in [6.07, 6.45) is 8.13. The monoisotopic (exact) mass is 376 g/mol. The van der Waals surface area contributed by atoms with Crippen molar-refractivity contribution in [3.63, 3.8) is 0 Å². The van der Waals surface area contributed by atoms with Crippen LogP contribution in [0.4, 0.5) is 0 Å². The molecule has 2 aromatic rings. The molecule has 2 aromatic carbocycles. The van der Waals surface area contributed by atoms with E-state index in [1.165, 1.54) is 15.9 Å². The molecule has 1 saturated heterocycles. The van der Waals surface area contributed by atoms with Crippen LogP contribution in [0.3, 0.4) is 0 Å². The summed E-state index contributed by atoms with van der Waals surface area (Å²) in [5.74, 6) is 2.60. The van der Waals surface area contributed by atoms with Crippen molar-refractivity contribution in [3.05, 3.63) is 72.3 Å². The summed E-state index contributed by atoms with van der Waals surface area (Å²) in [6.45, 7) is 8.06. The number of hydrogen-bond acceptors (Lipinski definition) is 2. The standard InChI is InChI=1S/C24H28O2Si/c1-5-12-20-17-21(25-18-20)19-26-27(24(2,3)4,22-13-8-6-9-14-22)23-15-10-7-11-16-23/h1,6-16,21H,17-19H2,2-4H3/b20-12-/t21-/m1/s1. The van der Waals surface area contributed by atoms with Gasteiger partial charge < -0.3 is 9.16 Å². The van der Waals surface area contributed by atoms with Crippen molar-refractivity contribution in [2.75, 3.05) is 13.2 Å². The molecule has 27 heavy (non-hydrogen) atoms. The number of rotatable bonds is 5. The molecule has 0 aromatic heterocycles. The molecule has 0 amide bonds.